The summed E-state index contributed by atoms with van der Waals surface area (Å²) in [6.45, 7) is 2.08. The molecule has 0 aromatic heterocycles. The summed E-state index contributed by atoms with van der Waals surface area (Å²) in [5.41, 5.74) is 2.80. The number of anilines is 1. The van der Waals surface area contributed by atoms with E-state index < -0.39 is 11.8 Å². The van der Waals surface area contributed by atoms with Crippen molar-refractivity contribution in [1.29, 1.82) is 0 Å². The first-order valence-electron chi connectivity index (χ1n) is 9.65. The Morgan fingerprint density at radius 3 is 2.44 bits per heavy atom. The zero-order chi connectivity index (χ0) is 22.7. The molecule has 4 rings (SSSR count). The molecule has 0 radical (unpaired) electrons. The van der Waals surface area contributed by atoms with E-state index in [1.807, 2.05) is 19.1 Å². The van der Waals surface area contributed by atoms with Gasteiger partial charge in [-0.15, -0.1) is 0 Å². The van der Waals surface area contributed by atoms with E-state index in [0.29, 0.717) is 28.3 Å². The molecular formula is C24H18Br2N2O4. The van der Waals surface area contributed by atoms with Gasteiger partial charge in [0.2, 0.25) is 6.79 Å². The van der Waals surface area contributed by atoms with Gasteiger partial charge in [-0.3, -0.25) is 9.59 Å². The number of ether oxygens (including phenoxy) is 2. The molecule has 0 bridgehead atoms. The normalized spacial score (nSPS) is 12.4. The topological polar surface area (TPSA) is 76.7 Å². The molecule has 3 aromatic rings. The summed E-state index contributed by atoms with van der Waals surface area (Å²) in [5, 5.41) is 5.57. The van der Waals surface area contributed by atoms with Crippen LogP contribution in [0.1, 0.15) is 21.5 Å². The molecule has 0 saturated carbocycles. The number of aryl methyl sites for hydroxylation is 1. The van der Waals surface area contributed by atoms with E-state index in [1.54, 1.807) is 54.6 Å². The molecule has 32 heavy (non-hydrogen) atoms. The summed E-state index contributed by atoms with van der Waals surface area (Å²) >= 11 is 6.80. The van der Waals surface area contributed by atoms with Gasteiger partial charge >= 0.3 is 0 Å². The van der Waals surface area contributed by atoms with Crippen LogP contribution in [0, 0.1) is 6.92 Å². The highest BCUT2D eigenvalue weighted by Gasteiger charge is 2.17. The molecule has 0 aliphatic carbocycles. The molecule has 0 unspecified atom stereocenters. The Labute approximate surface area is 201 Å². The average molecular weight is 558 g/mol. The SMILES string of the molecule is Cc1cc(NC(=O)/C(=C/c2ccc3c(c2)OCO3)NC(=O)c2ccc(Br)cc2)ccc1Br. The van der Waals surface area contributed by atoms with E-state index >= 15 is 0 Å². The van der Waals surface area contributed by atoms with E-state index in [4.69, 9.17) is 9.47 Å². The summed E-state index contributed by atoms with van der Waals surface area (Å²) in [7, 11) is 0. The molecule has 1 heterocycles. The van der Waals surface area contributed by atoms with Crippen LogP contribution in [0.15, 0.2) is 75.3 Å². The highest BCUT2D eigenvalue weighted by atomic mass is 79.9. The Morgan fingerprint density at radius 1 is 0.938 bits per heavy atom. The smallest absolute Gasteiger partial charge is 0.272 e. The highest BCUT2D eigenvalue weighted by Crippen LogP contribution is 2.33. The number of fused-ring (bicyclic) bond motifs is 1. The molecule has 162 valence electrons. The largest absolute Gasteiger partial charge is 0.454 e. The van der Waals surface area contributed by atoms with Gasteiger partial charge < -0.3 is 20.1 Å². The monoisotopic (exact) mass is 556 g/mol. The first-order valence-corrected chi connectivity index (χ1v) is 11.2. The molecular weight excluding hydrogens is 540 g/mol. The van der Waals surface area contributed by atoms with Crippen molar-refractivity contribution in [2.24, 2.45) is 0 Å². The number of carbonyl (C=O) groups is 2. The van der Waals surface area contributed by atoms with Gasteiger partial charge in [-0.1, -0.05) is 37.9 Å². The fourth-order valence-electron chi connectivity index (χ4n) is 3.04. The van der Waals surface area contributed by atoms with Crippen molar-refractivity contribution in [3.8, 4) is 11.5 Å². The lowest BCUT2D eigenvalue weighted by atomic mass is 10.1. The summed E-state index contributed by atoms with van der Waals surface area (Å²) in [4.78, 5) is 25.9. The summed E-state index contributed by atoms with van der Waals surface area (Å²) < 4.78 is 12.5. The fraction of sp³-hybridized carbons (Fsp3) is 0.0833. The number of hydrogen-bond donors (Lipinski definition) is 2. The lowest BCUT2D eigenvalue weighted by molar-refractivity contribution is -0.113. The van der Waals surface area contributed by atoms with E-state index in [9.17, 15) is 9.59 Å². The predicted molar refractivity (Wildman–Crippen MR) is 130 cm³/mol. The minimum Gasteiger partial charge on any atom is -0.454 e. The van der Waals surface area contributed by atoms with Crippen LogP contribution < -0.4 is 20.1 Å². The van der Waals surface area contributed by atoms with Crippen LogP contribution in [0.2, 0.25) is 0 Å². The second-order valence-electron chi connectivity index (χ2n) is 7.05. The molecule has 3 aromatic carbocycles. The standard InChI is InChI=1S/C24H18Br2N2O4/c1-14-10-18(7-8-19(14)26)27-24(30)20(28-23(29)16-3-5-17(25)6-4-16)11-15-2-9-21-22(12-15)32-13-31-21/h2-12H,13H2,1H3,(H,27,30)(H,28,29)/b20-11-. The maximum Gasteiger partial charge on any atom is 0.272 e. The number of rotatable bonds is 5. The molecule has 2 amide bonds. The number of halogens is 2. The van der Waals surface area contributed by atoms with Gasteiger partial charge in [0.05, 0.1) is 0 Å². The van der Waals surface area contributed by atoms with E-state index in [1.165, 1.54) is 0 Å². The first kappa shape index (κ1) is 22.1. The number of amides is 2. The molecule has 1 aliphatic rings. The molecule has 0 atom stereocenters. The molecule has 0 fully saturated rings. The van der Waals surface area contributed by atoms with E-state index in [0.717, 1.165) is 14.5 Å². The second-order valence-corrected chi connectivity index (χ2v) is 8.82. The van der Waals surface area contributed by atoms with Crippen LogP contribution in [-0.2, 0) is 4.79 Å². The maximum atomic E-state index is 13.1. The van der Waals surface area contributed by atoms with E-state index in [2.05, 4.69) is 42.5 Å². The molecule has 0 saturated heterocycles. The Bertz CT molecular complexity index is 1220. The first-order chi connectivity index (χ1) is 15.4. The number of benzene rings is 3. The third-order valence-corrected chi connectivity index (χ3v) is 6.14. The van der Waals surface area contributed by atoms with Crippen molar-refractivity contribution in [2.75, 3.05) is 12.1 Å². The maximum absolute atomic E-state index is 13.1. The fourth-order valence-corrected chi connectivity index (χ4v) is 3.56. The van der Waals surface area contributed by atoms with Gasteiger partial charge in [-0.25, -0.2) is 0 Å². The van der Waals surface area contributed by atoms with Crippen LogP contribution >= 0.6 is 31.9 Å². The van der Waals surface area contributed by atoms with Gasteiger partial charge in [-0.2, -0.15) is 0 Å². The highest BCUT2D eigenvalue weighted by molar-refractivity contribution is 9.10. The van der Waals surface area contributed by atoms with Gasteiger partial charge in [0.25, 0.3) is 11.8 Å². The van der Waals surface area contributed by atoms with Crippen LogP contribution in [0.4, 0.5) is 5.69 Å². The van der Waals surface area contributed by atoms with Gasteiger partial charge in [0.1, 0.15) is 5.70 Å². The minimum atomic E-state index is -0.449. The zero-order valence-corrected chi connectivity index (χ0v) is 20.1. The van der Waals surface area contributed by atoms with Gasteiger partial charge in [-0.05, 0) is 78.7 Å². The predicted octanol–water partition coefficient (Wildman–Crippen LogP) is 5.66. The summed E-state index contributed by atoms with van der Waals surface area (Å²) in [5.74, 6) is 0.375. The zero-order valence-electron chi connectivity index (χ0n) is 16.9. The Balaban J connectivity index is 1.63. The van der Waals surface area contributed by atoms with Crippen LogP contribution in [0.25, 0.3) is 6.08 Å². The van der Waals surface area contributed by atoms with Gasteiger partial charge in [0, 0.05) is 20.2 Å². The summed E-state index contributed by atoms with van der Waals surface area (Å²) in [6, 6.07) is 17.7. The quantitative estimate of drug-likeness (QED) is 0.397. The molecule has 8 heteroatoms. The molecule has 6 nitrogen and oxygen atoms in total. The van der Waals surface area contributed by atoms with Crippen molar-refractivity contribution in [2.45, 2.75) is 6.92 Å². The lowest BCUT2D eigenvalue weighted by Gasteiger charge is -2.12. The number of nitrogens with one attached hydrogen (secondary N) is 2. The number of hydrogen-bond acceptors (Lipinski definition) is 4. The lowest BCUT2D eigenvalue weighted by Crippen LogP contribution is -2.30. The average Bonchev–Trinajstić information content (AvgIpc) is 3.24. The second kappa shape index (κ2) is 9.58. The van der Waals surface area contributed by atoms with Crippen LogP contribution in [0.5, 0.6) is 11.5 Å². The third kappa shape index (κ3) is 5.20. The van der Waals surface area contributed by atoms with Crippen molar-refractivity contribution in [1.82, 2.24) is 5.32 Å². The Kier molecular flexibility index (Phi) is 6.62. The summed E-state index contributed by atoms with van der Waals surface area (Å²) in [6.07, 6.45) is 1.60. The molecule has 1 aliphatic heterocycles. The minimum absolute atomic E-state index is 0.0948. The van der Waals surface area contributed by atoms with Crippen molar-refractivity contribution in [3.05, 3.63) is 92.0 Å². The van der Waals surface area contributed by atoms with Crippen LogP contribution in [-0.4, -0.2) is 18.6 Å². The Hall–Kier alpha value is -3.10. The Morgan fingerprint density at radius 2 is 1.69 bits per heavy atom. The molecule has 0 spiro atoms. The van der Waals surface area contributed by atoms with Gasteiger partial charge in [0.15, 0.2) is 11.5 Å². The van der Waals surface area contributed by atoms with Crippen molar-refractivity contribution < 1.29 is 19.1 Å². The third-order valence-electron chi connectivity index (χ3n) is 4.72. The van der Waals surface area contributed by atoms with E-state index in [-0.39, 0.29) is 12.5 Å². The molecule has 2 N–H and O–H groups in total. The van der Waals surface area contributed by atoms with Crippen molar-refractivity contribution >= 4 is 55.4 Å². The van der Waals surface area contributed by atoms with Crippen LogP contribution in [0.3, 0.4) is 0 Å². The number of carbonyl (C=O) groups excluding carboxylic acids is 2. The van der Waals surface area contributed by atoms with Crippen molar-refractivity contribution in [3.63, 3.8) is 0 Å².